The summed E-state index contributed by atoms with van der Waals surface area (Å²) in [7, 11) is 0. The number of nitrogens with one attached hydrogen (secondary N) is 1. The molecule has 0 heterocycles. The van der Waals surface area contributed by atoms with Crippen molar-refractivity contribution < 1.29 is 0 Å². The summed E-state index contributed by atoms with van der Waals surface area (Å²) in [5, 5.41) is 4.69. The molecule has 0 aromatic heterocycles. The van der Waals surface area contributed by atoms with Gasteiger partial charge in [-0.25, -0.2) is 0 Å². The monoisotopic (exact) mass is 251 g/mol. The van der Waals surface area contributed by atoms with Gasteiger partial charge in [0.2, 0.25) is 0 Å². The molecule has 4 fully saturated rings. The van der Waals surface area contributed by atoms with Gasteiger partial charge in [0.1, 0.15) is 0 Å². The summed E-state index contributed by atoms with van der Waals surface area (Å²) in [6.45, 7) is 2.15. The molecule has 4 rings (SSSR count). The topological polar surface area (TPSA) is 50.4 Å². The molecule has 4 bridgehead atoms. The van der Waals surface area contributed by atoms with E-state index in [1.807, 2.05) is 0 Å². The largest absolute Gasteiger partial charge is 0.375 e. The van der Waals surface area contributed by atoms with Crippen LogP contribution in [0.1, 0.15) is 45.4 Å². The van der Waals surface area contributed by atoms with Crippen LogP contribution in [0.5, 0.6) is 0 Å². The minimum Gasteiger partial charge on any atom is -0.375 e. The zero-order valence-electron chi connectivity index (χ0n) is 10.4. The molecule has 4 saturated carbocycles. The van der Waals surface area contributed by atoms with Gasteiger partial charge in [0, 0.05) is 11.1 Å². The van der Waals surface area contributed by atoms with Crippen LogP contribution in [0.15, 0.2) is 5.10 Å². The number of nitrogens with zero attached hydrogens (tertiary/aromatic N) is 1. The van der Waals surface area contributed by atoms with Crippen LogP contribution in [0.25, 0.3) is 0 Å². The number of hydrogen-bond acceptors (Lipinski definition) is 2. The highest BCUT2D eigenvalue weighted by Gasteiger charge is 2.52. The Bertz CT molecular complexity index is 340. The summed E-state index contributed by atoms with van der Waals surface area (Å²) in [4.78, 5) is 0. The van der Waals surface area contributed by atoms with Crippen LogP contribution < -0.4 is 11.2 Å². The lowest BCUT2D eigenvalue weighted by atomic mass is 9.48. The second-order valence-corrected chi connectivity index (χ2v) is 6.81. The van der Waals surface area contributed by atoms with Crippen molar-refractivity contribution in [3.8, 4) is 0 Å². The van der Waals surface area contributed by atoms with Gasteiger partial charge >= 0.3 is 0 Å². The van der Waals surface area contributed by atoms with E-state index in [0.717, 1.165) is 17.8 Å². The molecule has 3 nitrogen and oxygen atoms in total. The third-order valence-electron chi connectivity index (χ3n) is 5.14. The Kier molecular flexibility index (Phi) is 2.65. The van der Waals surface area contributed by atoms with Crippen LogP contribution in [-0.2, 0) is 0 Å². The first-order valence-corrected chi connectivity index (χ1v) is 7.08. The highest BCUT2D eigenvalue weighted by molar-refractivity contribution is 7.80. The van der Waals surface area contributed by atoms with Crippen molar-refractivity contribution >= 4 is 23.0 Å². The lowest BCUT2D eigenvalue weighted by molar-refractivity contribution is -0.0128. The minimum atomic E-state index is 0.272. The molecule has 0 saturated heterocycles. The Morgan fingerprint density at radius 3 is 2.06 bits per heavy atom. The molecule has 94 valence electrons. The van der Waals surface area contributed by atoms with Gasteiger partial charge in [0.25, 0.3) is 0 Å². The quantitative estimate of drug-likeness (QED) is 0.450. The maximum Gasteiger partial charge on any atom is 0.184 e. The number of nitrogens with two attached hydrogens (primary N) is 1. The number of hydrogen-bond donors (Lipinski definition) is 2. The first kappa shape index (κ1) is 11.5. The summed E-state index contributed by atoms with van der Waals surface area (Å²) in [5.74, 6) is 2.86. The molecule has 4 aliphatic rings. The molecule has 0 aromatic carbocycles. The van der Waals surface area contributed by atoms with Gasteiger partial charge in [0.15, 0.2) is 5.11 Å². The van der Waals surface area contributed by atoms with E-state index in [4.69, 9.17) is 18.0 Å². The lowest BCUT2D eigenvalue weighted by Crippen LogP contribution is -2.49. The standard InChI is InChI=1S/C13H21N3S/c1-8(15-16-12(14)17)13-5-9-2-10(6-13)4-11(3-9)7-13/h9-11H,2-7H2,1H3,(H3,14,16,17). The predicted octanol–water partition coefficient (Wildman–Crippen LogP) is 2.41. The maximum absolute atomic E-state index is 5.45. The molecule has 4 heteroatoms. The molecule has 0 unspecified atom stereocenters. The van der Waals surface area contributed by atoms with Crippen molar-refractivity contribution in [2.24, 2.45) is 34.0 Å². The fraction of sp³-hybridized carbons (Fsp3) is 0.846. The molecule has 17 heavy (non-hydrogen) atoms. The molecule has 0 radical (unpaired) electrons. The van der Waals surface area contributed by atoms with E-state index < -0.39 is 0 Å². The summed E-state index contributed by atoms with van der Waals surface area (Å²) in [6.07, 6.45) is 8.42. The van der Waals surface area contributed by atoms with Crippen LogP contribution in [-0.4, -0.2) is 10.8 Å². The molecule has 0 atom stereocenters. The Labute approximate surface area is 108 Å². The fourth-order valence-corrected chi connectivity index (χ4v) is 4.86. The van der Waals surface area contributed by atoms with E-state index in [-0.39, 0.29) is 5.11 Å². The molecule has 0 amide bonds. The van der Waals surface area contributed by atoms with E-state index in [0.29, 0.717) is 5.41 Å². The van der Waals surface area contributed by atoms with E-state index in [9.17, 15) is 0 Å². The number of hydrazone groups is 1. The van der Waals surface area contributed by atoms with Gasteiger partial charge in [-0.15, -0.1) is 0 Å². The van der Waals surface area contributed by atoms with Gasteiger partial charge in [-0.1, -0.05) is 0 Å². The fourth-order valence-electron chi connectivity index (χ4n) is 4.81. The van der Waals surface area contributed by atoms with E-state index in [2.05, 4.69) is 17.5 Å². The normalized spacial score (nSPS) is 43.8. The number of rotatable bonds is 2. The van der Waals surface area contributed by atoms with Crippen molar-refractivity contribution in [2.45, 2.75) is 45.4 Å². The van der Waals surface area contributed by atoms with Gasteiger partial charge in [-0.3, -0.25) is 5.43 Å². The second kappa shape index (κ2) is 3.94. The molecular formula is C13H21N3S. The lowest BCUT2D eigenvalue weighted by Gasteiger charge is -2.56. The van der Waals surface area contributed by atoms with Gasteiger partial charge < -0.3 is 5.73 Å². The summed E-state index contributed by atoms with van der Waals surface area (Å²) >= 11 is 4.82. The van der Waals surface area contributed by atoms with E-state index in [1.165, 1.54) is 44.2 Å². The first-order valence-electron chi connectivity index (χ1n) is 6.67. The van der Waals surface area contributed by atoms with E-state index >= 15 is 0 Å². The van der Waals surface area contributed by atoms with Crippen LogP contribution >= 0.6 is 12.2 Å². The average Bonchev–Trinajstić information content (AvgIpc) is 2.23. The Morgan fingerprint density at radius 2 is 1.65 bits per heavy atom. The van der Waals surface area contributed by atoms with Crippen molar-refractivity contribution in [1.82, 2.24) is 5.43 Å². The molecule has 0 aliphatic heterocycles. The zero-order chi connectivity index (χ0) is 12.0. The van der Waals surface area contributed by atoms with Crippen LogP contribution in [0.4, 0.5) is 0 Å². The van der Waals surface area contributed by atoms with Crippen molar-refractivity contribution in [3.63, 3.8) is 0 Å². The molecule has 3 N–H and O–H groups in total. The smallest absolute Gasteiger partial charge is 0.184 e. The minimum absolute atomic E-state index is 0.272. The zero-order valence-corrected chi connectivity index (χ0v) is 11.2. The third kappa shape index (κ3) is 1.96. The predicted molar refractivity (Wildman–Crippen MR) is 73.6 cm³/mol. The van der Waals surface area contributed by atoms with Crippen molar-refractivity contribution in [3.05, 3.63) is 0 Å². The van der Waals surface area contributed by atoms with Crippen molar-refractivity contribution in [2.75, 3.05) is 0 Å². The first-order chi connectivity index (χ1) is 8.07. The Balaban J connectivity index is 1.81. The van der Waals surface area contributed by atoms with Crippen molar-refractivity contribution in [1.29, 1.82) is 0 Å². The Morgan fingerprint density at radius 1 is 1.18 bits per heavy atom. The van der Waals surface area contributed by atoms with Crippen LogP contribution in [0.3, 0.4) is 0 Å². The summed E-state index contributed by atoms with van der Waals surface area (Å²) < 4.78 is 0. The van der Waals surface area contributed by atoms with Crippen LogP contribution in [0, 0.1) is 23.2 Å². The Hall–Kier alpha value is -0.640. The maximum atomic E-state index is 5.45. The highest BCUT2D eigenvalue weighted by Crippen LogP contribution is 2.60. The SMILES string of the molecule is CC(=NNC(N)=S)C12CC3CC(CC(C3)C1)C2. The summed E-state index contributed by atoms with van der Waals surface area (Å²) in [5.41, 5.74) is 9.81. The molecule has 4 aliphatic carbocycles. The molecular weight excluding hydrogens is 230 g/mol. The highest BCUT2D eigenvalue weighted by atomic mass is 32.1. The molecule has 0 spiro atoms. The third-order valence-corrected chi connectivity index (χ3v) is 5.23. The van der Waals surface area contributed by atoms with Crippen LogP contribution in [0.2, 0.25) is 0 Å². The van der Waals surface area contributed by atoms with Gasteiger partial charge in [0.05, 0.1) is 0 Å². The number of thiocarbonyl (C=S) groups is 1. The molecule has 0 aromatic rings. The van der Waals surface area contributed by atoms with Gasteiger partial charge in [-0.2, -0.15) is 5.10 Å². The summed E-state index contributed by atoms with van der Waals surface area (Å²) in [6, 6.07) is 0. The average molecular weight is 251 g/mol. The van der Waals surface area contributed by atoms with E-state index in [1.54, 1.807) is 0 Å². The van der Waals surface area contributed by atoms with Gasteiger partial charge in [-0.05, 0) is 75.4 Å². The second-order valence-electron chi connectivity index (χ2n) is 6.37.